The molecule has 26 heavy (non-hydrogen) atoms. The summed E-state index contributed by atoms with van der Waals surface area (Å²) in [4.78, 5) is 36.5. The van der Waals surface area contributed by atoms with E-state index in [1.807, 2.05) is 18.2 Å². The second-order valence-electron chi connectivity index (χ2n) is 5.91. The molecule has 0 fully saturated rings. The third-order valence-corrected chi connectivity index (χ3v) is 5.40. The Morgan fingerprint density at radius 3 is 2.77 bits per heavy atom. The first kappa shape index (κ1) is 16.4. The molecule has 4 rings (SSSR count). The zero-order chi connectivity index (χ0) is 17.9. The van der Waals surface area contributed by atoms with Gasteiger partial charge in [-0.3, -0.25) is 19.6 Å². The molecule has 1 N–H and O–H groups in total. The van der Waals surface area contributed by atoms with Crippen molar-refractivity contribution in [3.05, 3.63) is 76.0 Å². The van der Waals surface area contributed by atoms with Crippen LogP contribution in [0.4, 0.5) is 5.69 Å². The van der Waals surface area contributed by atoms with Crippen LogP contribution in [-0.4, -0.2) is 28.3 Å². The van der Waals surface area contributed by atoms with Gasteiger partial charge in [-0.05, 0) is 35.9 Å². The molecule has 0 bridgehead atoms. The molecule has 7 heteroatoms. The first-order chi connectivity index (χ1) is 12.7. The standard InChI is InChI=1S/C19H16N4O2S/c24-18(22-11-13-3-7-20-8-4-13)17-10-15-16(26-17)5-9-23(15)19(25)14-2-1-6-21-12-14/h1-4,6-8,10,12H,5,9,11H2,(H,22,24). The lowest BCUT2D eigenvalue weighted by Gasteiger charge is -2.15. The minimum absolute atomic E-state index is 0.0848. The third-order valence-electron chi connectivity index (χ3n) is 4.22. The van der Waals surface area contributed by atoms with Crippen LogP contribution in [0.5, 0.6) is 0 Å². The summed E-state index contributed by atoms with van der Waals surface area (Å²) in [7, 11) is 0. The minimum Gasteiger partial charge on any atom is -0.347 e. The van der Waals surface area contributed by atoms with E-state index in [9.17, 15) is 9.59 Å². The average Bonchev–Trinajstić information content (AvgIpc) is 3.28. The number of amides is 2. The molecule has 1 aliphatic rings. The highest BCUT2D eigenvalue weighted by molar-refractivity contribution is 7.14. The number of nitrogens with one attached hydrogen (secondary N) is 1. The molecule has 130 valence electrons. The Morgan fingerprint density at radius 1 is 1.15 bits per heavy atom. The maximum atomic E-state index is 12.7. The summed E-state index contributed by atoms with van der Waals surface area (Å²) in [6.45, 7) is 1.08. The molecule has 3 aromatic rings. The van der Waals surface area contributed by atoms with Gasteiger partial charge >= 0.3 is 0 Å². The van der Waals surface area contributed by atoms with Crippen LogP contribution in [-0.2, 0) is 13.0 Å². The molecule has 0 atom stereocenters. The van der Waals surface area contributed by atoms with Crippen LogP contribution in [0.1, 0.15) is 30.5 Å². The number of pyridine rings is 2. The van der Waals surface area contributed by atoms with E-state index in [2.05, 4.69) is 15.3 Å². The number of fused-ring (bicyclic) bond motifs is 1. The first-order valence-electron chi connectivity index (χ1n) is 8.24. The topological polar surface area (TPSA) is 75.2 Å². The Balaban J connectivity index is 1.48. The maximum Gasteiger partial charge on any atom is 0.261 e. The van der Waals surface area contributed by atoms with Gasteiger partial charge in [-0.2, -0.15) is 0 Å². The molecular formula is C19H16N4O2S. The van der Waals surface area contributed by atoms with Crippen molar-refractivity contribution in [2.24, 2.45) is 0 Å². The summed E-state index contributed by atoms with van der Waals surface area (Å²) in [5.41, 5.74) is 2.37. The SMILES string of the molecule is O=C(NCc1ccncc1)c1cc2c(s1)CCN2C(=O)c1cccnc1. The molecule has 0 unspecified atom stereocenters. The zero-order valence-electron chi connectivity index (χ0n) is 13.9. The van der Waals surface area contributed by atoms with E-state index in [0.717, 1.165) is 22.5 Å². The molecule has 0 radical (unpaired) electrons. The molecule has 0 saturated heterocycles. The van der Waals surface area contributed by atoms with Gasteiger partial charge in [-0.15, -0.1) is 11.3 Å². The van der Waals surface area contributed by atoms with Gasteiger partial charge in [0.05, 0.1) is 16.1 Å². The molecule has 1 aliphatic heterocycles. The Labute approximate surface area is 154 Å². The predicted molar refractivity (Wildman–Crippen MR) is 99.3 cm³/mol. The summed E-state index contributed by atoms with van der Waals surface area (Å²) in [6.07, 6.45) is 7.37. The van der Waals surface area contributed by atoms with Crippen LogP contribution in [0.25, 0.3) is 0 Å². The number of hydrogen-bond donors (Lipinski definition) is 1. The predicted octanol–water partition coefficient (Wildman–Crippen LogP) is 2.67. The summed E-state index contributed by atoms with van der Waals surface area (Å²) >= 11 is 1.45. The molecular weight excluding hydrogens is 348 g/mol. The van der Waals surface area contributed by atoms with Gasteiger partial charge < -0.3 is 10.2 Å². The van der Waals surface area contributed by atoms with Crippen LogP contribution in [0.2, 0.25) is 0 Å². The van der Waals surface area contributed by atoms with Crippen molar-refractivity contribution >= 4 is 28.8 Å². The second kappa shape index (κ2) is 7.05. The number of thiophene rings is 1. The van der Waals surface area contributed by atoms with Crippen molar-refractivity contribution < 1.29 is 9.59 Å². The van der Waals surface area contributed by atoms with Gasteiger partial charge in [0.2, 0.25) is 0 Å². The van der Waals surface area contributed by atoms with E-state index in [4.69, 9.17) is 0 Å². The Morgan fingerprint density at radius 2 is 2.00 bits per heavy atom. The van der Waals surface area contributed by atoms with E-state index in [1.165, 1.54) is 11.3 Å². The fourth-order valence-corrected chi connectivity index (χ4v) is 3.97. The normalized spacial score (nSPS) is 12.7. The van der Waals surface area contributed by atoms with Crippen molar-refractivity contribution in [2.45, 2.75) is 13.0 Å². The van der Waals surface area contributed by atoms with E-state index in [0.29, 0.717) is 23.5 Å². The summed E-state index contributed by atoms with van der Waals surface area (Å²) in [5, 5.41) is 2.91. The van der Waals surface area contributed by atoms with Gasteiger partial charge in [0.1, 0.15) is 0 Å². The summed E-state index contributed by atoms with van der Waals surface area (Å²) in [5.74, 6) is -0.214. The largest absolute Gasteiger partial charge is 0.347 e. The highest BCUT2D eigenvalue weighted by atomic mass is 32.1. The number of aromatic nitrogens is 2. The summed E-state index contributed by atoms with van der Waals surface area (Å²) in [6, 6.07) is 9.03. The molecule has 3 aromatic heterocycles. The Bertz CT molecular complexity index is 941. The van der Waals surface area contributed by atoms with Crippen LogP contribution < -0.4 is 10.2 Å². The zero-order valence-corrected chi connectivity index (χ0v) is 14.7. The molecule has 0 spiro atoms. The number of carbonyl (C=O) groups excluding carboxylic acids is 2. The van der Waals surface area contributed by atoms with Crippen molar-refractivity contribution in [1.82, 2.24) is 15.3 Å². The highest BCUT2D eigenvalue weighted by Crippen LogP contribution is 2.36. The molecule has 4 heterocycles. The smallest absolute Gasteiger partial charge is 0.261 e. The molecule has 0 aliphatic carbocycles. The molecule has 0 aromatic carbocycles. The van der Waals surface area contributed by atoms with Crippen LogP contribution >= 0.6 is 11.3 Å². The number of carbonyl (C=O) groups is 2. The molecule has 6 nitrogen and oxygen atoms in total. The van der Waals surface area contributed by atoms with Gasteiger partial charge in [-0.25, -0.2) is 0 Å². The number of anilines is 1. The maximum absolute atomic E-state index is 12.7. The molecule has 2 amide bonds. The minimum atomic E-state index is -0.130. The molecule has 0 saturated carbocycles. The fraction of sp³-hybridized carbons (Fsp3) is 0.158. The number of hydrogen-bond acceptors (Lipinski definition) is 5. The second-order valence-corrected chi connectivity index (χ2v) is 7.04. The quantitative estimate of drug-likeness (QED) is 0.772. The van der Waals surface area contributed by atoms with Crippen LogP contribution in [0.3, 0.4) is 0 Å². The van der Waals surface area contributed by atoms with Crippen LogP contribution in [0.15, 0.2) is 55.1 Å². The van der Waals surface area contributed by atoms with E-state index in [1.54, 1.807) is 41.8 Å². The van der Waals surface area contributed by atoms with Crippen molar-refractivity contribution in [2.75, 3.05) is 11.4 Å². The monoisotopic (exact) mass is 364 g/mol. The fourth-order valence-electron chi connectivity index (χ4n) is 2.90. The Kier molecular flexibility index (Phi) is 4.45. The van der Waals surface area contributed by atoms with E-state index in [-0.39, 0.29) is 11.8 Å². The van der Waals surface area contributed by atoms with Crippen molar-refractivity contribution in [3.63, 3.8) is 0 Å². The first-order valence-corrected chi connectivity index (χ1v) is 9.06. The average molecular weight is 364 g/mol. The van der Waals surface area contributed by atoms with Gasteiger partial charge in [0, 0.05) is 49.2 Å². The van der Waals surface area contributed by atoms with E-state index >= 15 is 0 Å². The van der Waals surface area contributed by atoms with E-state index < -0.39 is 0 Å². The summed E-state index contributed by atoms with van der Waals surface area (Å²) < 4.78 is 0. The lowest BCUT2D eigenvalue weighted by atomic mass is 10.2. The number of nitrogens with zero attached hydrogens (tertiary/aromatic N) is 3. The van der Waals surface area contributed by atoms with Crippen molar-refractivity contribution in [1.29, 1.82) is 0 Å². The lowest BCUT2D eigenvalue weighted by Crippen LogP contribution is -2.29. The Hall–Kier alpha value is -3.06. The highest BCUT2D eigenvalue weighted by Gasteiger charge is 2.29. The lowest BCUT2D eigenvalue weighted by molar-refractivity contribution is 0.0952. The van der Waals surface area contributed by atoms with Gasteiger partial charge in [0.25, 0.3) is 11.8 Å². The number of rotatable bonds is 4. The van der Waals surface area contributed by atoms with Crippen LogP contribution in [0, 0.1) is 0 Å². The van der Waals surface area contributed by atoms with Crippen molar-refractivity contribution in [3.8, 4) is 0 Å². The third kappa shape index (κ3) is 3.21. The van der Waals surface area contributed by atoms with Gasteiger partial charge in [-0.1, -0.05) is 0 Å². The van der Waals surface area contributed by atoms with Gasteiger partial charge in [0.15, 0.2) is 0 Å².